The molecule has 1 aromatic carbocycles. The van der Waals surface area contributed by atoms with Gasteiger partial charge in [-0.05, 0) is 42.5 Å². The topological polar surface area (TPSA) is 104 Å². The summed E-state index contributed by atoms with van der Waals surface area (Å²) >= 11 is 0. The summed E-state index contributed by atoms with van der Waals surface area (Å²) in [6, 6.07) is 11.9. The van der Waals surface area contributed by atoms with E-state index in [9.17, 15) is 0 Å². The van der Waals surface area contributed by atoms with E-state index in [1.807, 2.05) is 24.4 Å². The van der Waals surface area contributed by atoms with Crippen molar-refractivity contribution in [1.82, 2.24) is 25.1 Å². The highest BCUT2D eigenvalue weighted by atomic mass is 16.5. The van der Waals surface area contributed by atoms with Gasteiger partial charge in [0.1, 0.15) is 11.6 Å². The average molecular weight is 375 g/mol. The zero-order chi connectivity index (χ0) is 18.8. The van der Waals surface area contributed by atoms with Gasteiger partial charge in [-0.2, -0.15) is 4.98 Å². The van der Waals surface area contributed by atoms with Gasteiger partial charge in [0.15, 0.2) is 0 Å². The van der Waals surface area contributed by atoms with Crippen molar-refractivity contribution in [2.24, 2.45) is 5.92 Å². The van der Waals surface area contributed by atoms with Crippen LogP contribution >= 0.6 is 0 Å². The molecule has 3 heterocycles. The van der Waals surface area contributed by atoms with Crippen molar-refractivity contribution in [1.29, 1.82) is 0 Å². The number of hydrogen-bond acceptors (Lipinski definition) is 6. The van der Waals surface area contributed by atoms with Gasteiger partial charge in [-0.15, -0.1) is 5.10 Å². The number of benzene rings is 1. The predicted octanol–water partition coefficient (Wildman–Crippen LogP) is 3.83. The number of aromatic amines is 2. The van der Waals surface area contributed by atoms with E-state index in [1.54, 1.807) is 6.20 Å². The lowest BCUT2D eigenvalue weighted by atomic mass is 10.1. The molecule has 0 bridgehead atoms. The molecule has 0 amide bonds. The number of nitrogens with one attached hydrogen (secondary N) is 4. The fraction of sp³-hybridized carbons (Fsp3) is 0.250. The van der Waals surface area contributed by atoms with E-state index in [-0.39, 0.29) is 0 Å². The maximum absolute atomic E-state index is 5.66. The van der Waals surface area contributed by atoms with Gasteiger partial charge in [0.2, 0.25) is 11.8 Å². The second-order valence-corrected chi connectivity index (χ2v) is 6.97. The van der Waals surface area contributed by atoms with E-state index in [1.165, 1.54) is 23.8 Å². The van der Waals surface area contributed by atoms with E-state index < -0.39 is 0 Å². The lowest BCUT2D eigenvalue weighted by molar-refractivity contribution is 0.288. The first-order valence-corrected chi connectivity index (χ1v) is 9.40. The Kier molecular flexibility index (Phi) is 4.29. The third kappa shape index (κ3) is 3.75. The molecule has 5 rings (SSSR count). The Morgan fingerprint density at radius 1 is 1.18 bits per heavy atom. The van der Waals surface area contributed by atoms with Crippen LogP contribution in [0.15, 0.2) is 48.8 Å². The van der Waals surface area contributed by atoms with Gasteiger partial charge in [-0.3, -0.25) is 5.10 Å². The lowest BCUT2D eigenvalue weighted by Crippen LogP contribution is -2.05. The standard InChI is InChI=1S/C20H21N7O/c1-2-14(15-6-8-21-16(15)3-1)11-23-20-22-9-7-17(25-20)24-18-10-19(27-26-18)28-12-13-4-5-13/h1-3,6-10,13,21H,4-5,11-12H2,(H3,22,23,24,25,26,27). The molecule has 0 saturated heterocycles. The SMILES string of the molecule is c1cc(CNc2nccc(Nc3cc(OCC4CC4)n[nH]3)n2)c2cc[nH]c2c1. The van der Waals surface area contributed by atoms with E-state index in [4.69, 9.17) is 4.74 Å². The Balaban J connectivity index is 1.23. The Hall–Kier alpha value is -3.55. The summed E-state index contributed by atoms with van der Waals surface area (Å²) in [5, 5.41) is 14.8. The minimum Gasteiger partial charge on any atom is -0.476 e. The quantitative estimate of drug-likeness (QED) is 0.373. The zero-order valence-corrected chi connectivity index (χ0v) is 15.3. The van der Waals surface area contributed by atoms with Crippen LogP contribution in [0, 0.1) is 5.92 Å². The van der Waals surface area contributed by atoms with Gasteiger partial charge in [-0.1, -0.05) is 12.1 Å². The second-order valence-electron chi connectivity index (χ2n) is 6.97. The van der Waals surface area contributed by atoms with Gasteiger partial charge in [0.25, 0.3) is 0 Å². The summed E-state index contributed by atoms with van der Waals surface area (Å²) in [5.74, 6) is 3.26. The first kappa shape index (κ1) is 16.6. The van der Waals surface area contributed by atoms with Crippen molar-refractivity contribution in [3.05, 3.63) is 54.4 Å². The van der Waals surface area contributed by atoms with E-state index >= 15 is 0 Å². The van der Waals surface area contributed by atoms with Gasteiger partial charge in [0.05, 0.1) is 6.61 Å². The summed E-state index contributed by atoms with van der Waals surface area (Å²) in [6.45, 7) is 1.38. The molecule has 1 aliphatic rings. The third-order valence-electron chi connectivity index (χ3n) is 4.76. The average Bonchev–Trinajstić information content (AvgIpc) is 3.22. The highest BCUT2D eigenvalue weighted by molar-refractivity contribution is 5.83. The van der Waals surface area contributed by atoms with E-state index in [2.05, 4.69) is 54.0 Å². The maximum atomic E-state index is 5.66. The first-order valence-electron chi connectivity index (χ1n) is 9.40. The minimum absolute atomic E-state index is 0.558. The van der Waals surface area contributed by atoms with Gasteiger partial charge < -0.3 is 20.4 Å². The summed E-state index contributed by atoms with van der Waals surface area (Å²) in [4.78, 5) is 12.0. The molecular weight excluding hydrogens is 354 g/mol. The highest BCUT2D eigenvalue weighted by Crippen LogP contribution is 2.29. The molecule has 1 aliphatic carbocycles. The Bertz CT molecular complexity index is 1080. The number of hydrogen-bond donors (Lipinski definition) is 4. The number of aromatic nitrogens is 5. The molecule has 3 aromatic heterocycles. The zero-order valence-electron chi connectivity index (χ0n) is 15.3. The fourth-order valence-corrected chi connectivity index (χ4v) is 3.06. The lowest BCUT2D eigenvalue weighted by Gasteiger charge is -2.08. The first-order chi connectivity index (χ1) is 13.8. The molecular formula is C20H21N7O. The van der Waals surface area contributed by atoms with Crippen LogP contribution in [0.3, 0.4) is 0 Å². The molecule has 8 nitrogen and oxygen atoms in total. The largest absolute Gasteiger partial charge is 0.476 e. The summed E-state index contributed by atoms with van der Waals surface area (Å²) in [5.41, 5.74) is 2.31. The molecule has 0 radical (unpaired) electrons. The molecule has 28 heavy (non-hydrogen) atoms. The van der Waals surface area contributed by atoms with E-state index in [0.717, 1.165) is 17.9 Å². The van der Waals surface area contributed by atoms with Crippen LogP contribution in [0.25, 0.3) is 10.9 Å². The van der Waals surface area contributed by atoms with Crippen LogP contribution in [-0.4, -0.2) is 31.8 Å². The summed E-state index contributed by atoms with van der Waals surface area (Å²) in [6.07, 6.45) is 6.17. The number of nitrogens with zero attached hydrogens (tertiary/aromatic N) is 3. The Morgan fingerprint density at radius 2 is 2.14 bits per heavy atom. The van der Waals surface area contributed by atoms with Gasteiger partial charge in [-0.25, -0.2) is 4.98 Å². The maximum Gasteiger partial charge on any atom is 0.234 e. The molecule has 0 aliphatic heterocycles. The van der Waals surface area contributed by atoms with Crippen LogP contribution in [0.5, 0.6) is 5.88 Å². The molecule has 4 N–H and O–H groups in total. The fourth-order valence-electron chi connectivity index (χ4n) is 3.06. The number of fused-ring (bicyclic) bond motifs is 1. The van der Waals surface area contributed by atoms with Crippen LogP contribution in [0.4, 0.5) is 17.6 Å². The Labute approximate surface area is 161 Å². The van der Waals surface area contributed by atoms with Gasteiger partial charge in [0, 0.05) is 35.9 Å². The molecule has 0 unspecified atom stereocenters. The van der Waals surface area contributed by atoms with Crippen LogP contribution in [-0.2, 0) is 6.54 Å². The number of rotatable bonds is 8. The van der Waals surface area contributed by atoms with Gasteiger partial charge >= 0.3 is 0 Å². The predicted molar refractivity (Wildman–Crippen MR) is 108 cm³/mol. The third-order valence-corrected chi connectivity index (χ3v) is 4.76. The van der Waals surface area contributed by atoms with E-state index in [0.29, 0.717) is 30.1 Å². The van der Waals surface area contributed by atoms with Crippen molar-refractivity contribution < 1.29 is 4.74 Å². The molecule has 4 aromatic rings. The van der Waals surface area contributed by atoms with Crippen LogP contribution in [0.2, 0.25) is 0 Å². The minimum atomic E-state index is 0.558. The number of anilines is 3. The number of H-pyrrole nitrogens is 2. The Morgan fingerprint density at radius 3 is 3.07 bits per heavy atom. The molecule has 8 heteroatoms. The van der Waals surface area contributed by atoms with Crippen molar-refractivity contribution >= 4 is 28.5 Å². The molecule has 0 spiro atoms. The van der Waals surface area contributed by atoms with Crippen molar-refractivity contribution in [3.8, 4) is 5.88 Å². The highest BCUT2D eigenvalue weighted by Gasteiger charge is 2.22. The molecule has 142 valence electrons. The van der Waals surface area contributed by atoms with Crippen molar-refractivity contribution in [2.75, 3.05) is 17.2 Å². The smallest absolute Gasteiger partial charge is 0.234 e. The summed E-state index contributed by atoms with van der Waals surface area (Å²) in [7, 11) is 0. The monoisotopic (exact) mass is 375 g/mol. The second kappa shape index (κ2) is 7.22. The summed E-state index contributed by atoms with van der Waals surface area (Å²) < 4.78 is 5.66. The van der Waals surface area contributed by atoms with Crippen molar-refractivity contribution in [3.63, 3.8) is 0 Å². The molecule has 1 fully saturated rings. The van der Waals surface area contributed by atoms with Crippen LogP contribution in [0.1, 0.15) is 18.4 Å². The van der Waals surface area contributed by atoms with Crippen LogP contribution < -0.4 is 15.4 Å². The van der Waals surface area contributed by atoms with Crippen molar-refractivity contribution in [2.45, 2.75) is 19.4 Å². The molecule has 1 saturated carbocycles. The normalized spacial score (nSPS) is 13.6. The number of ether oxygens (including phenoxy) is 1. The molecule has 0 atom stereocenters.